The van der Waals surface area contributed by atoms with Crippen LogP contribution in [0.15, 0.2) is 54.7 Å². The van der Waals surface area contributed by atoms with Crippen molar-refractivity contribution in [1.82, 2.24) is 9.88 Å². The van der Waals surface area contributed by atoms with Crippen molar-refractivity contribution in [1.29, 1.82) is 0 Å². The van der Waals surface area contributed by atoms with Gasteiger partial charge < -0.3 is 14.6 Å². The van der Waals surface area contributed by atoms with Gasteiger partial charge in [-0.1, -0.05) is 50.2 Å². The summed E-state index contributed by atoms with van der Waals surface area (Å²) < 4.78 is 7.73. The highest BCUT2D eigenvalue weighted by molar-refractivity contribution is 5.86. The molecule has 0 aliphatic carbocycles. The molecule has 0 aliphatic rings. The highest BCUT2D eigenvalue weighted by atomic mass is 16.5. The van der Waals surface area contributed by atoms with Crippen LogP contribution in [0, 0.1) is 5.92 Å². The van der Waals surface area contributed by atoms with Gasteiger partial charge >= 0.3 is 0 Å². The molecule has 1 heterocycles. The molecule has 0 saturated carbocycles. The molecule has 2 aromatic carbocycles. The molecule has 0 unspecified atom stereocenters. The number of fused-ring (bicyclic) bond motifs is 1. The minimum Gasteiger partial charge on any atom is -0.496 e. The lowest BCUT2D eigenvalue weighted by atomic mass is 9.87. The van der Waals surface area contributed by atoms with E-state index in [0.29, 0.717) is 18.9 Å². The Bertz CT molecular complexity index is 927. The fraction of sp³-hybridized carbons (Fsp3) is 0.348. The van der Waals surface area contributed by atoms with Crippen molar-refractivity contribution in [3.05, 3.63) is 65.9 Å². The van der Waals surface area contributed by atoms with Crippen LogP contribution < -0.4 is 10.1 Å². The van der Waals surface area contributed by atoms with Gasteiger partial charge in [0.25, 0.3) is 0 Å². The maximum absolute atomic E-state index is 12.7. The van der Waals surface area contributed by atoms with E-state index in [0.717, 1.165) is 22.4 Å². The molecule has 4 nitrogen and oxygen atoms in total. The number of hydrogen-bond donors (Lipinski definition) is 1. The average Bonchev–Trinajstić information content (AvgIpc) is 3.01. The number of nitrogens with one attached hydrogen (secondary N) is 1. The Hall–Kier alpha value is -2.75. The molecular weight excluding hydrogens is 336 g/mol. The number of carbonyl (C=O) groups excluding carboxylic acids is 1. The van der Waals surface area contributed by atoms with Crippen molar-refractivity contribution in [3.8, 4) is 5.75 Å². The maximum Gasteiger partial charge on any atom is 0.220 e. The molecule has 0 saturated heterocycles. The van der Waals surface area contributed by atoms with Crippen molar-refractivity contribution in [2.45, 2.75) is 26.2 Å². The molecule has 4 heteroatoms. The number of nitrogens with zero attached hydrogens (tertiary/aromatic N) is 1. The fourth-order valence-corrected chi connectivity index (χ4v) is 3.57. The lowest BCUT2D eigenvalue weighted by Gasteiger charge is -2.20. The molecule has 3 aromatic rings. The summed E-state index contributed by atoms with van der Waals surface area (Å²) in [5.74, 6) is 1.23. The third-order valence-electron chi connectivity index (χ3n) is 4.91. The van der Waals surface area contributed by atoms with E-state index in [2.05, 4.69) is 48.1 Å². The highest BCUT2D eigenvalue weighted by Crippen LogP contribution is 2.38. The average molecular weight is 364 g/mol. The molecule has 0 spiro atoms. The van der Waals surface area contributed by atoms with Crippen molar-refractivity contribution in [2.75, 3.05) is 13.7 Å². The number of para-hydroxylation sites is 2. The van der Waals surface area contributed by atoms with Crippen molar-refractivity contribution in [3.63, 3.8) is 0 Å². The van der Waals surface area contributed by atoms with E-state index >= 15 is 0 Å². The van der Waals surface area contributed by atoms with E-state index in [4.69, 9.17) is 4.74 Å². The van der Waals surface area contributed by atoms with E-state index in [-0.39, 0.29) is 11.8 Å². The topological polar surface area (TPSA) is 43.3 Å². The molecule has 1 atom stereocenters. The van der Waals surface area contributed by atoms with Crippen LogP contribution in [0.25, 0.3) is 10.9 Å². The zero-order chi connectivity index (χ0) is 19.4. The van der Waals surface area contributed by atoms with Gasteiger partial charge in [-0.15, -0.1) is 0 Å². The lowest BCUT2D eigenvalue weighted by Crippen LogP contribution is -2.28. The summed E-state index contributed by atoms with van der Waals surface area (Å²) in [7, 11) is 3.72. The van der Waals surface area contributed by atoms with Crippen LogP contribution >= 0.6 is 0 Å². The number of aryl methyl sites for hydroxylation is 1. The number of carbonyl (C=O) groups is 1. The number of hydrogen-bond acceptors (Lipinski definition) is 2. The zero-order valence-corrected chi connectivity index (χ0v) is 16.5. The number of benzene rings is 2. The molecule has 0 aliphatic heterocycles. The van der Waals surface area contributed by atoms with Crippen LogP contribution in [0.1, 0.15) is 37.3 Å². The van der Waals surface area contributed by atoms with E-state index in [1.165, 1.54) is 5.39 Å². The third kappa shape index (κ3) is 4.16. The first kappa shape index (κ1) is 19.0. The Morgan fingerprint density at radius 2 is 1.78 bits per heavy atom. The number of methoxy groups -OCH3 is 1. The molecule has 1 aromatic heterocycles. The summed E-state index contributed by atoms with van der Waals surface area (Å²) in [6.07, 6.45) is 2.53. The first-order chi connectivity index (χ1) is 13.0. The van der Waals surface area contributed by atoms with Crippen LogP contribution in [0.4, 0.5) is 0 Å². The smallest absolute Gasteiger partial charge is 0.220 e. The summed E-state index contributed by atoms with van der Waals surface area (Å²) in [5.41, 5.74) is 3.35. The van der Waals surface area contributed by atoms with Crippen molar-refractivity contribution >= 4 is 16.8 Å². The molecule has 1 N–H and O–H groups in total. The molecule has 0 bridgehead atoms. The van der Waals surface area contributed by atoms with Gasteiger partial charge in [-0.25, -0.2) is 0 Å². The van der Waals surface area contributed by atoms with E-state index < -0.39 is 0 Å². The Kier molecular flexibility index (Phi) is 5.84. The number of rotatable bonds is 7. The molecule has 142 valence electrons. The van der Waals surface area contributed by atoms with Gasteiger partial charge in [0.1, 0.15) is 5.75 Å². The molecular formula is C23H28N2O2. The van der Waals surface area contributed by atoms with Gasteiger partial charge in [0.05, 0.1) is 7.11 Å². The van der Waals surface area contributed by atoms with E-state index in [9.17, 15) is 4.79 Å². The van der Waals surface area contributed by atoms with Crippen LogP contribution in [0.5, 0.6) is 5.75 Å². The Morgan fingerprint density at radius 1 is 1.07 bits per heavy atom. The van der Waals surface area contributed by atoms with Gasteiger partial charge in [-0.05, 0) is 23.6 Å². The number of amides is 1. The number of aromatic nitrogens is 1. The van der Waals surface area contributed by atoms with Gasteiger partial charge in [0.2, 0.25) is 5.91 Å². The quantitative estimate of drug-likeness (QED) is 0.672. The highest BCUT2D eigenvalue weighted by Gasteiger charge is 2.24. The van der Waals surface area contributed by atoms with E-state index in [1.54, 1.807) is 7.11 Å². The Morgan fingerprint density at radius 3 is 2.52 bits per heavy atom. The normalized spacial score (nSPS) is 12.3. The molecule has 27 heavy (non-hydrogen) atoms. The van der Waals surface area contributed by atoms with E-state index in [1.807, 2.05) is 37.4 Å². The number of ether oxygens (including phenoxy) is 1. The van der Waals surface area contributed by atoms with Gasteiger partial charge in [0.15, 0.2) is 0 Å². The zero-order valence-electron chi connectivity index (χ0n) is 16.5. The molecule has 0 radical (unpaired) electrons. The fourth-order valence-electron chi connectivity index (χ4n) is 3.57. The second kappa shape index (κ2) is 8.30. The van der Waals surface area contributed by atoms with Gasteiger partial charge in [0, 0.05) is 48.6 Å². The maximum atomic E-state index is 12.7. The molecule has 1 amide bonds. The van der Waals surface area contributed by atoms with Crippen LogP contribution in [0.3, 0.4) is 0 Å². The summed E-state index contributed by atoms with van der Waals surface area (Å²) >= 11 is 0. The Balaban J connectivity index is 2.05. The van der Waals surface area contributed by atoms with Crippen molar-refractivity contribution in [2.24, 2.45) is 13.0 Å². The SMILES string of the molecule is COc1ccccc1[C@H](CC(=O)NCC(C)C)c1cn(C)c2ccccc12. The standard InChI is InChI=1S/C23H28N2O2/c1-16(2)14-24-23(26)13-19(18-10-6-8-12-22(18)27-4)20-15-25(3)21-11-7-5-9-17(20)21/h5-12,15-16,19H,13-14H2,1-4H3,(H,24,26)/t19-/m0/s1. The van der Waals surface area contributed by atoms with Crippen LogP contribution in [-0.2, 0) is 11.8 Å². The predicted octanol–water partition coefficient (Wildman–Crippen LogP) is 4.48. The minimum atomic E-state index is -0.0700. The first-order valence-electron chi connectivity index (χ1n) is 9.44. The summed E-state index contributed by atoms with van der Waals surface area (Å²) in [4.78, 5) is 12.7. The minimum absolute atomic E-state index is 0.0625. The van der Waals surface area contributed by atoms with Crippen LogP contribution in [-0.4, -0.2) is 24.1 Å². The van der Waals surface area contributed by atoms with Gasteiger partial charge in [-0.3, -0.25) is 4.79 Å². The van der Waals surface area contributed by atoms with Crippen LogP contribution in [0.2, 0.25) is 0 Å². The Labute approximate surface area is 161 Å². The summed E-state index contributed by atoms with van der Waals surface area (Å²) in [6.45, 7) is 4.89. The summed E-state index contributed by atoms with van der Waals surface area (Å²) in [6, 6.07) is 16.3. The van der Waals surface area contributed by atoms with Crippen molar-refractivity contribution < 1.29 is 9.53 Å². The third-order valence-corrected chi connectivity index (χ3v) is 4.91. The molecule has 3 rings (SSSR count). The monoisotopic (exact) mass is 364 g/mol. The largest absolute Gasteiger partial charge is 0.496 e. The second-order valence-electron chi connectivity index (χ2n) is 7.41. The van der Waals surface area contributed by atoms with Gasteiger partial charge in [-0.2, -0.15) is 0 Å². The summed E-state index contributed by atoms with van der Waals surface area (Å²) in [5, 5.41) is 4.23. The molecule has 0 fully saturated rings. The first-order valence-corrected chi connectivity index (χ1v) is 9.44. The predicted molar refractivity (Wildman–Crippen MR) is 110 cm³/mol. The lowest BCUT2D eigenvalue weighted by molar-refractivity contribution is -0.121. The second-order valence-corrected chi connectivity index (χ2v) is 7.41.